The van der Waals surface area contributed by atoms with Gasteiger partial charge in [-0.05, 0) is 85.6 Å². The van der Waals surface area contributed by atoms with Crippen LogP contribution in [0.3, 0.4) is 0 Å². The first kappa shape index (κ1) is 26.3. The van der Waals surface area contributed by atoms with Crippen molar-refractivity contribution in [1.82, 2.24) is 0 Å². The maximum absolute atomic E-state index is 11.2. The van der Waals surface area contributed by atoms with Gasteiger partial charge >= 0.3 is 0 Å². The second-order valence-corrected chi connectivity index (χ2v) is 8.85. The Hall–Kier alpha value is -3.27. The number of rotatable bonds is 16. The smallest absolute Gasteiger partial charge is 0.150 e. The first-order valence-electron chi connectivity index (χ1n) is 13.1. The van der Waals surface area contributed by atoms with E-state index in [1.54, 1.807) is 0 Å². The van der Waals surface area contributed by atoms with Crippen LogP contribution in [0.2, 0.25) is 0 Å². The molecule has 0 atom stereocenters. The average molecular weight is 474 g/mol. The SMILES string of the molecule is CCCCCCOc1ccc(N(c2ccc(C=O)cc2)c2ccc(OCCCCCC)cc2)cc1. The van der Waals surface area contributed by atoms with Crippen LogP contribution < -0.4 is 14.4 Å². The number of carbonyl (C=O) groups excluding carboxylic acids is 1. The molecule has 0 heterocycles. The van der Waals surface area contributed by atoms with Gasteiger partial charge in [-0.2, -0.15) is 0 Å². The van der Waals surface area contributed by atoms with Crippen molar-refractivity contribution in [3.8, 4) is 11.5 Å². The van der Waals surface area contributed by atoms with Crippen molar-refractivity contribution in [3.63, 3.8) is 0 Å². The van der Waals surface area contributed by atoms with E-state index in [9.17, 15) is 4.79 Å². The lowest BCUT2D eigenvalue weighted by Gasteiger charge is -2.26. The third kappa shape index (κ3) is 8.47. The zero-order valence-corrected chi connectivity index (χ0v) is 21.2. The molecule has 0 aliphatic carbocycles. The van der Waals surface area contributed by atoms with Crippen molar-refractivity contribution in [1.29, 1.82) is 0 Å². The summed E-state index contributed by atoms with van der Waals surface area (Å²) in [6.07, 6.45) is 10.4. The molecule has 0 radical (unpaired) electrons. The number of hydrogen-bond acceptors (Lipinski definition) is 4. The molecule has 4 nitrogen and oxygen atoms in total. The Morgan fingerprint density at radius 1 is 0.571 bits per heavy atom. The number of ether oxygens (including phenoxy) is 2. The maximum Gasteiger partial charge on any atom is 0.150 e. The van der Waals surface area contributed by atoms with E-state index in [1.165, 1.54) is 38.5 Å². The monoisotopic (exact) mass is 473 g/mol. The van der Waals surface area contributed by atoms with Gasteiger partial charge in [0.2, 0.25) is 0 Å². The van der Waals surface area contributed by atoms with Crippen LogP contribution in [0, 0.1) is 0 Å². The summed E-state index contributed by atoms with van der Waals surface area (Å²) in [6.45, 7) is 5.92. The van der Waals surface area contributed by atoms with E-state index in [0.29, 0.717) is 5.56 Å². The summed E-state index contributed by atoms with van der Waals surface area (Å²) in [6, 6.07) is 24.0. The summed E-state index contributed by atoms with van der Waals surface area (Å²) in [4.78, 5) is 13.3. The summed E-state index contributed by atoms with van der Waals surface area (Å²) in [5.41, 5.74) is 3.69. The fourth-order valence-electron chi connectivity index (χ4n) is 3.97. The second-order valence-electron chi connectivity index (χ2n) is 8.85. The minimum atomic E-state index is 0.660. The van der Waals surface area contributed by atoms with E-state index in [-0.39, 0.29) is 0 Å². The molecule has 3 rings (SSSR count). The Balaban J connectivity index is 1.74. The highest BCUT2D eigenvalue weighted by Crippen LogP contribution is 2.36. The van der Waals surface area contributed by atoms with E-state index in [0.717, 1.165) is 60.9 Å². The van der Waals surface area contributed by atoms with Crippen LogP contribution in [0.25, 0.3) is 0 Å². The number of anilines is 3. The van der Waals surface area contributed by atoms with Crippen molar-refractivity contribution < 1.29 is 14.3 Å². The summed E-state index contributed by atoms with van der Waals surface area (Å²) in [5, 5.41) is 0. The molecule has 0 fully saturated rings. The van der Waals surface area contributed by atoms with Crippen LogP contribution in [0.4, 0.5) is 17.1 Å². The van der Waals surface area contributed by atoms with Gasteiger partial charge in [0.05, 0.1) is 13.2 Å². The quantitative estimate of drug-likeness (QED) is 0.154. The van der Waals surface area contributed by atoms with E-state index in [2.05, 4.69) is 43.0 Å². The molecular formula is C31H39NO3. The zero-order chi connectivity index (χ0) is 24.7. The first-order valence-corrected chi connectivity index (χ1v) is 13.1. The molecule has 0 unspecified atom stereocenters. The number of hydrogen-bond donors (Lipinski definition) is 0. The van der Waals surface area contributed by atoms with Gasteiger partial charge in [0.15, 0.2) is 0 Å². The average Bonchev–Trinajstić information content (AvgIpc) is 2.91. The van der Waals surface area contributed by atoms with Crippen LogP contribution in [0.15, 0.2) is 72.8 Å². The summed E-state index contributed by atoms with van der Waals surface area (Å²) >= 11 is 0. The molecule has 0 N–H and O–H groups in total. The molecule has 0 amide bonds. The highest BCUT2D eigenvalue weighted by atomic mass is 16.5. The van der Waals surface area contributed by atoms with Crippen LogP contribution in [0.1, 0.15) is 75.6 Å². The summed E-state index contributed by atoms with van der Waals surface area (Å²) in [5.74, 6) is 1.77. The van der Waals surface area contributed by atoms with Crippen molar-refractivity contribution >= 4 is 23.3 Å². The molecule has 0 saturated carbocycles. The van der Waals surface area contributed by atoms with Crippen LogP contribution >= 0.6 is 0 Å². The van der Waals surface area contributed by atoms with Crippen LogP contribution in [-0.4, -0.2) is 19.5 Å². The van der Waals surface area contributed by atoms with Gasteiger partial charge in [0, 0.05) is 22.6 Å². The van der Waals surface area contributed by atoms with Crippen molar-refractivity contribution in [2.24, 2.45) is 0 Å². The van der Waals surface area contributed by atoms with Crippen molar-refractivity contribution in [3.05, 3.63) is 78.4 Å². The molecule has 0 spiro atoms. The molecule has 35 heavy (non-hydrogen) atoms. The third-order valence-electron chi connectivity index (χ3n) is 6.01. The Bertz CT molecular complexity index is 924. The molecule has 4 heteroatoms. The Morgan fingerprint density at radius 2 is 0.971 bits per heavy atom. The molecule has 0 aromatic heterocycles. The summed E-state index contributed by atoms with van der Waals surface area (Å²) in [7, 11) is 0. The molecule has 3 aromatic carbocycles. The van der Waals surface area contributed by atoms with E-state index >= 15 is 0 Å². The van der Waals surface area contributed by atoms with Crippen LogP contribution in [-0.2, 0) is 0 Å². The number of unbranched alkanes of at least 4 members (excludes halogenated alkanes) is 6. The predicted octanol–water partition coefficient (Wildman–Crippen LogP) is 8.89. The van der Waals surface area contributed by atoms with Gasteiger partial charge in [-0.3, -0.25) is 4.79 Å². The Labute approximate surface area is 210 Å². The van der Waals surface area contributed by atoms with Crippen molar-refractivity contribution in [2.45, 2.75) is 65.2 Å². The van der Waals surface area contributed by atoms with E-state index in [4.69, 9.17) is 9.47 Å². The molecule has 0 aliphatic rings. The second kappa shape index (κ2) is 14.9. The highest BCUT2D eigenvalue weighted by molar-refractivity contribution is 5.80. The van der Waals surface area contributed by atoms with Gasteiger partial charge < -0.3 is 14.4 Å². The van der Waals surface area contributed by atoms with Gasteiger partial charge in [-0.25, -0.2) is 0 Å². The normalized spacial score (nSPS) is 10.7. The topological polar surface area (TPSA) is 38.8 Å². The third-order valence-corrected chi connectivity index (χ3v) is 6.01. The van der Waals surface area contributed by atoms with E-state index in [1.807, 2.05) is 48.5 Å². The lowest BCUT2D eigenvalue weighted by atomic mass is 10.1. The summed E-state index contributed by atoms with van der Waals surface area (Å²) < 4.78 is 11.9. The maximum atomic E-state index is 11.2. The largest absolute Gasteiger partial charge is 0.494 e. The minimum absolute atomic E-state index is 0.660. The number of nitrogens with zero attached hydrogens (tertiary/aromatic N) is 1. The number of carbonyl (C=O) groups is 1. The number of benzene rings is 3. The molecule has 0 bridgehead atoms. The molecule has 0 saturated heterocycles. The van der Waals surface area contributed by atoms with Gasteiger partial charge in [0.25, 0.3) is 0 Å². The molecular weight excluding hydrogens is 434 g/mol. The van der Waals surface area contributed by atoms with E-state index < -0.39 is 0 Å². The number of aldehydes is 1. The molecule has 3 aromatic rings. The first-order chi connectivity index (χ1) is 17.2. The predicted molar refractivity (Wildman–Crippen MR) is 146 cm³/mol. The Morgan fingerprint density at radius 3 is 1.34 bits per heavy atom. The molecule has 186 valence electrons. The fraction of sp³-hybridized carbons (Fsp3) is 0.387. The van der Waals surface area contributed by atoms with Gasteiger partial charge in [-0.1, -0.05) is 52.4 Å². The minimum Gasteiger partial charge on any atom is -0.494 e. The highest BCUT2D eigenvalue weighted by Gasteiger charge is 2.13. The van der Waals surface area contributed by atoms with Crippen LogP contribution in [0.5, 0.6) is 11.5 Å². The van der Waals surface area contributed by atoms with Crippen molar-refractivity contribution in [2.75, 3.05) is 18.1 Å². The zero-order valence-electron chi connectivity index (χ0n) is 21.2. The lowest BCUT2D eigenvalue weighted by molar-refractivity contribution is 0.112. The van der Waals surface area contributed by atoms with Gasteiger partial charge in [-0.15, -0.1) is 0 Å². The fourth-order valence-corrected chi connectivity index (χ4v) is 3.97. The standard InChI is InChI=1S/C31H39NO3/c1-3-5-7-9-23-34-30-19-15-28(16-20-30)32(27-13-11-26(25-33)12-14-27)29-17-21-31(22-18-29)35-24-10-8-6-4-2/h11-22,25H,3-10,23-24H2,1-2H3. The van der Waals surface area contributed by atoms with Gasteiger partial charge in [0.1, 0.15) is 17.8 Å². The lowest BCUT2D eigenvalue weighted by Crippen LogP contribution is -2.10. The molecule has 0 aliphatic heterocycles. The Kier molecular flexibility index (Phi) is 11.2.